The number of benzene rings is 1. The molecule has 0 radical (unpaired) electrons. The number of fused-ring (bicyclic) bond motifs is 1. The maximum atomic E-state index is 11.5. The van der Waals surface area contributed by atoms with E-state index < -0.39 is 0 Å². The molecule has 23 heavy (non-hydrogen) atoms. The number of rotatable bonds is 3. The van der Waals surface area contributed by atoms with Crippen molar-refractivity contribution in [2.45, 2.75) is 26.2 Å². The Balaban J connectivity index is 1.80. The van der Waals surface area contributed by atoms with Gasteiger partial charge in [0.2, 0.25) is 5.91 Å². The highest BCUT2D eigenvalue weighted by Gasteiger charge is 2.22. The van der Waals surface area contributed by atoms with Crippen LogP contribution in [0.15, 0.2) is 24.4 Å². The summed E-state index contributed by atoms with van der Waals surface area (Å²) in [7, 11) is 1.70. The molecule has 1 fully saturated rings. The molecule has 0 saturated carbocycles. The lowest BCUT2D eigenvalue weighted by molar-refractivity contribution is -0.121. The highest BCUT2D eigenvalue weighted by molar-refractivity contribution is 6.32. The molecule has 1 aliphatic heterocycles. The Labute approximate surface area is 141 Å². The van der Waals surface area contributed by atoms with Gasteiger partial charge in [-0.2, -0.15) is 0 Å². The quantitative estimate of drug-likeness (QED) is 0.935. The molecule has 1 aromatic heterocycles. The van der Waals surface area contributed by atoms with Gasteiger partial charge in [0.1, 0.15) is 0 Å². The fourth-order valence-electron chi connectivity index (χ4n) is 3.28. The zero-order valence-corrected chi connectivity index (χ0v) is 14.4. The average Bonchev–Trinajstić information content (AvgIpc) is 2.56. The Morgan fingerprint density at radius 3 is 2.83 bits per heavy atom. The van der Waals surface area contributed by atoms with Crippen LogP contribution in [0.5, 0.6) is 0 Å². The number of anilines is 1. The second-order valence-corrected chi connectivity index (χ2v) is 6.66. The van der Waals surface area contributed by atoms with Gasteiger partial charge in [0.25, 0.3) is 0 Å². The molecule has 3 rings (SSSR count). The standard InChI is InChI=1S/C18H22ClN3O/c1-12-9-14-16(11-15(12)19)21-6-3-17(14)22-7-4-13(5-8-22)10-18(23)20-2/h3,6,9,11,13H,4-5,7-8,10H2,1-2H3,(H,20,23). The van der Waals surface area contributed by atoms with Gasteiger partial charge in [-0.15, -0.1) is 0 Å². The van der Waals surface area contributed by atoms with Gasteiger partial charge >= 0.3 is 0 Å². The molecule has 1 saturated heterocycles. The van der Waals surface area contributed by atoms with Gasteiger partial charge in [0.05, 0.1) is 5.52 Å². The van der Waals surface area contributed by atoms with Crippen molar-refractivity contribution >= 4 is 34.1 Å². The number of carbonyl (C=O) groups excluding carboxylic acids is 1. The summed E-state index contributed by atoms with van der Waals surface area (Å²) in [5.74, 6) is 0.624. The van der Waals surface area contributed by atoms with Crippen molar-refractivity contribution in [3.8, 4) is 0 Å². The first-order valence-corrected chi connectivity index (χ1v) is 8.46. The molecule has 1 aromatic carbocycles. The molecule has 0 atom stereocenters. The summed E-state index contributed by atoms with van der Waals surface area (Å²) in [5.41, 5.74) is 3.22. The largest absolute Gasteiger partial charge is 0.371 e. The van der Waals surface area contributed by atoms with E-state index in [0.29, 0.717) is 12.3 Å². The minimum atomic E-state index is 0.142. The lowest BCUT2D eigenvalue weighted by atomic mass is 9.92. The Morgan fingerprint density at radius 1 is 1.39 bits per heavy atom. The molecule has 0 aliphatic carbocycles. The summed E-state index contributed by atoms with van der Waals surface area (Å²) >= 11 is 6.22. The van der Waals surface area contributed by atoms with Crippen molar-refractivity contribution in [2.24, 2.45) is 5.92 Å². The number of nitrogens with zero attached hydrogens (tertiary/aromatic N) is 2. The van der Waals surface area contributed by atoms with E-state index in [2.05, 4.69) is 27.3 Å². The van der Waals surface area contributed by atoms with Gasteiger partial charge in [-0.3, -0.25) is 9.78 Å². The number of halogens is 1. The third kappa shape index (κ3) is 3.42. The van der Waals surface area contributed by atoms with Gasteiger partial charge in [-0.25, -0.2) is 0 Å². The first-order valence-electron chi connectivity index (χ1n) is 8.09. The average molecular weight is 332 g/mol. The van der Waals surface area contributed by atoms with E-state index >= 15 is 0 Å². The van der Waals surface area contributed by atoms with E-state index in [1.807, 2.05) is 19.2 Å². The molecule has 0 spiro atoms. The predicted molar refractivity (Wildman–Crippen MR) is 95.1 cm³/mol. The number of hydrogen-bond acceptors (Lipinski definition) is 3. The summed E-state index contributed by atoms with van der Waals surface area (Å²) in [6, 6.07) is 6.14. The molecule has 1 amide bonds. The number of nitrogens with one attached hydrogen (secondary N) is 1. The van der Waals surface area contributed by atoms with Crippen LogP contribution in [0.2, 0.25) is 5.02 Å². The zero-order chi connectivity index (χ0) is 16.4. The monoisotopic (exact) mass is 331 g/mol. The Morgan fingerprint density at radius 2 is 2.13 bits per heavy atom. The molecule has 122 valence electrons. The first-order chi connectivity index (χ1) is 11.1. The summed E-state index contributed by atoms with van der Waals surface area (Å²) in [6.45, 7) is 3.97. The molecule has 5 heteroatoms. The molecule has 4 nitrogen and oxygen atoms in total. The van der Waals surface area contributed by atoms with Crippen LogP contribution in [0.25, 0.3) is 10.9 Å². The predicted octanol–water partition coefficient (Wildman–Crippen LogP) is 3.55. The van der Waals surface area contributed by atoms with Crippen molar-refractivity contribution in [3.63, 3.8) is 0 Å². The molecule has 2 aromatic rings. The number of aryl methyl sites for hydroxylation is 1. The zero-order valence-electron chi connectivity index (χ0n) is 13.6. The van der Waals surface area contributed by atoms with Crippen LogP contribution < -0.4 is 10.2 Å². The number of piperidine rings is 1. The molecular weight excluding hydrogens is 310 g/mol. The summed E-state index contributed by atoms with van der Waals surface area (Å²) in [4.78, 5) is 18.4. The van der Waals surface area contributed by atoms with Crippen LogP contribution in [0, 0.1) is 12.8 Å². The lowest BCUT2D eigenvalue weighted by Gasteiger charge is -2.34. The highest BCUT2D eigenvalue weighted by atomic mass is 35.5. The van der Waals surface area contributed by atoms with E-state index in [0.717, 1.165) is 47.4 Å². The normalized spacial score (nSPS) is 15.9. The summed E-state index contributed by atoms with van der Waals surface area (Å²) < 4.78 is 0. The fraction of sp³-hybridized carbons (Fsp3) is 0.444. The maximum Gasteiger partial charge on any atom is 0.220 e. The minimum absolute atomic E-state index is 0.142. The highest BCUT2D eigenvalue weighted by Crippen LogP contribution is 2.32. The van der Waals surface area contributed by atoms with Gasteiger partial charge in [-0.1, -0.05) is 11.6 Å². The van der Waals surface area contributed by atoms with Crippen LogP contribution in [-0.4, -0.2) is 31.0 Å². The summed E-state index contributed by atoms with van der Waals surface area (Å²) in [6.07, 6.45) is 4.57. The topological polar surface area (TPSA) is 45.2 Å². The van der Waals surface area contributed by atoms with Crippen LogP contribution in [0.4, 0.5) is 5.69 Å². The fourth-order valence-corrected chi connectivity index (χ4v) is 3.44. The SMILES string of the molecule is CNC(=O)CC1CCN(c2ccnc3cc(Cl)c(C)cc23)CC1. The molecule has 0 unspecified atom stereocenters. The molecule has 1 N–H and O–H groups in total. The number of pyridine rings is 1. The number of amides is 1. The molecular formula is C18H22ClN3O. The van der Waals surface area contributed by atoms with Crippen molar-refractivity contribution < 1.29 is 4.79 Å². The lowest BCUT2D eigenvalue weighted by Crippen LogP contribution is -2.35. The molecule has 1 aliphatic rings. The number of hydrogen-bond donors (Lipinski definition) is 1. The summed E-state index contributed by atoms with van der Waals surface area (Å²) in [5, 5.41) is 4.63. The smallest absolute Gasteiger partial charge is 0.220 e. The van der Waals surface area contributed by atoms with Crippen molar-refractivity contribution in [2.75, 3.05) is 25.0 Å². The van der Waals surface area contributed by atoms with Gasteiger partial charge in [0.15, 0.2) is 0 Å². The van der Waals surface area contributed by atoms with E-state index in [1.54, 1.807) is 7.05 Å². The molecule has 0 bridgehead atoms. The number of aromatic nitrogens is 1. The van der Waals surface area contributed by atoms with Crippen LogP contribution in [0.3, 0.4) is 0 Å². The third-order valence-corrected chi connectivity index (χ3v) is 5.11. The van der Waals surface area contributed by atoms with Crippen LogP contribution >= 0.6 is 11.6 Å². The van der Waals surface area contributed by atoms with Crippen molar-refractivity contribution in [1.29, 1.82) is 0 Å². The minimum Gasteiger partial charge on any atom is -0.371 e. The van der Waals surface area contributed by atoms with Gasteiger partial charge in [0, 0.05) is 48.9 Å². The first kappa shape index (κ1) is 16.1. The van der Waals surface area contributed by atoms with E-state index in [-0.39, 0.29) is 5.91 Å². The van der Waals surface area contributed by atoms with Crippen molar-refractivity contribution in [3.05, 3.63) is 35.0 Å². The third-order valence-electron chi connectivity index (χ3n) is 4.71. The Hall–Kier alpha value is -1.81. The number of carbonyl (C=O) groups is 1. The van der Waals surface area contributed by atoms with Gasteiger partial charge in [-0.05, 0) is 49.4 Å². The second kappa shape index (κ2) is 6.75. The van der Waals surface area contributed by atoms with E-state index in [4.69, 9.17) is 11.6 Å². The second-order valence-electron chi connectivity index (χ2n) is 6.26. The Bertz CT molecular complexity index is 724. The van der Waals surface area contributed by atoms with Crippen molar-refractivity contribution in [1.82, 2.24) is 10.3 Å². The van der Waals surface area contributed by atoms with Crippen LogP contribution in [0.1, 0.15) is 24.8 Å². The maximum absolute atomic E-state index is 11.5. The van der Waals surface area contributed by atoms with Crippen LogP contribution in [-0.2, 0) is 4.79 Å². The van der Waals surface area contributed by atoms with E-state index in [9.17, 15) is 4.79 Å². The van der Waals surface area contributed by atoms with E-state index in [1.165, 1.54) is 5.69 Å². The Kier molecular flexibility index (Phi) is 4.71. The van der Waals surface area contributed by atoms with Gasteiger partial charge < -0.3 is 10.2 Å². The molecule has 2 heterocycles.